The van der Waals surface area contributed by atoms with Crippen molar-refractivity contribution in [3.8, 4) is 0 Å². The Bertz CT molecular complexity index is 525. The summed E-state index contributed by atoms with van der Waals surface area (Å²) in [5, 5.41) is 6.29. The molecule has 1 aromatic heterocycles. The molecule has 1 nitrogen and oxygen atoms in total. The molecule has 18 heavy (non-hydrogen) atoms. The summed E-state index contributed by atoms with van der Waals surface area (Å²) < 4.78 is 0. The molecule has 0 aliphatic rings. The summed E-state index contributed by atoms with van der Waals surface area (Å²) in [4.78, 5) is 1.25. The van der Waals surface area contributed by atoms with Gasteiger partial charge >= 0.3 is 0 Å². The molecule has 0 saturated heterocycles. The van der Waals surface area contributed by atoms with Crippen molar-refractivity contribution in [2.75, 3.05) is 5.32 Å². The predicted molar refractivity (Wildman–Crippen MR) is 81.8 cm³/mol. The van der Waals surface area contributed by atoms with Crippen LogP contribution in [-0.4, -0.2) is 0 Å². The monoisotopic (exact) mass is 279 g/mol. The lowest BCUT2D eigenvalue weighted by Gasteiger charge is -2.23. The fraction of sp³-hybridized carbons (Fsp3) is 0.333. The van der Waals surface area contributed by atoms with Gasteiger partial charge in [0, 0.05) is 22.5 Å². The van der Waals surface area contributed by atoms with Crippen LogP contribution in [-0.2, 0) is 12.0 Å². The lowest BCUT2D eigenvalue weighted by atomic mass is 9.86. The first-order chi connectivity index (χ1) is 8.47. The second-order valence-corrected chi connectivity index (χ2v) is 6.81. The van der Waals surface area contributed by atoms with Crippen LogP contribution >= 0.6 is 22.9 Å². The largest absolute Gasteiger partial charge is 0.380 e. The van der Waals surface area contributed by atoms with Crippen LogP contribution in [0.15, 0.2) is 35.7 Å². The van der Waals surface area contributed by atoms with Crippen molar-refractivity contribution in [2.45, 2.75) is 32.7 Å². The van der Waals surface area contributed by atoms with Crippen molar-refractivity contribution in [3.63, 3.8) is 0 Å². The molecule has 0 spiro atoms. The summed E-state index contributed by atoms with van der Waals surface area (Å²) in [6, 6.07) is 10.5. The summed E-state index contributed by atoms with van der Waals surface area (Å²) in [5.41, 5.74) is 2.69. The third kappa shape index (κ3) is 3.27. The quantitative estimate of drug-likeness (QED) is 0.803. The van der Waals surface area contributed by atoms with Crippen LogP contribution in [0.2, 0.25) is 5.02 Å². The van der Waals surface area contributed by atoms with Crippen LogP contribution in [0.25, 0.3) is 0 Å². The fourth-order valence-corrected chi connectivity index (χ4v) is 2.93. The van der Waals surface area contributed by atoms with Crippen molar-refractivity contribution in [3.05, 3.63) is 51.2 Å². The molecule has 2 rings (SSSR count). The van der Waals surface area contributed by atoms with Gasteiger partial charge in [-0.2, -0.15) is 0 Å². The smallest absolute Gasteiger partial charge is 0.0516 e. The molecule has 0 atom stereocenters. The van der Waals surface area contributed by atoms with E-state index in [2.05, 4.69) is 50.4 Å². The van der Waals surface area contributed by atoms with Gasteiger partial charge in [-0.15, -0.1) is 11.3 Å². The molecule has 0 saturated carbocycles. The Balaban J connectivity index is 2.14. The van der Waals surface area contributed by atoms with E-state index < -0.39 is 0 Å². The van der Waals surface area contributed by atoms with Crippen LogP contribution in [0, 0.1) is 0 Å². The van der Waals surface area contributed by atoms with Gasteiger partial charge in [-0.05, 0) is 23.1 Å². The van der Waals surface area contributed by atoms with Gasteiger partial charge in [-0.1, -0.05) is 50.6 Å². The first-order valence-electron chi connectivity index (χ1n) is 6.03. The summed E-state index contributed by atoms with van der Waals surface area (Å²) in [7, 11) is 0. The van der Waals surface area contributed by atoms with Gasteiger partial charge in [0.1, 0.15) is 0 Å². The lowest BCUT2D eigenvalue weighted by molar-refractivity contribution is 0.591. The minimum Gasteiger partial charge on any atom is -0.380 e. The number of para-hydroxylation sites is 1. The molecule has 0 amide bonds. The van der Waals surface area contributed by atoms with Crippen LogP contribution < -0.4 is 5.32 Å². The molecule has 1 heterocycles. The number of thiophene rings is 1. The minimum absolute atomic E-state index is 0.149. The van der Waals surface area contributed by atoms with Crippen LogP contribution in [0.5, 0.6) is 0 Å². The normalized spacial score (nSPS) is 11.6. The summed E-state index contributed by atoms with van der Waals surface area (Å²) in [5.74, 6) is 0. The van der Waals surface area contributed by atoms with Crippen LogP contribution in [0.3, 0.4) is 0 Å². The Labute approximate surface area is 118 Å². The minimum atomic E-state index is 0.149. The number of benzene rings is 1. The van der Waals surface area contributed by atoms with E-state index in [1.807, 2.05) is 11.4 Å². The van der Waals surface area contributed by atoms with E-state index in [1.165, 1.54) is 16.1 Å². The Morgan fingerprint density at radius 3 is 2.56 bits per heavy atom. The Hall–Kier alpha value is -0.990. The molecule has 96 valence electrons. The summed E-state index contributed by atoms with van der Waals surface area (Å²) >= 11 is 7.62. The highest BCUT2D eigenvalue weighted by Crippen LogP contribution is 2.30. The van der Waals surface area contributed by atoms with Crippen molar-refractivity contribution >= 4 is 28.6 Å². The summed E-state index contributed by atoms with van der Waals surface area (Å²) in [6.07, 6.45) is 0. The molecule has 0 unspecified atom stereocenters. The van der Waals surface area contributed by atoms with Gasteiger partial charge in [0.15, 0.2) is 0 Å². The van der Waals surface area contributed by atoms with Gasteiger partial charge in [-0.25, -0.2) is 0 Å². The first-order valence-corrected chi connectivity index (χ1v) is 7.29. The van der Waals surface area contributed by atoms with E-state index in [4.69, 9.17) is 11.6 Å². The SMILES string of the molecule is CC(C)(C)c1ccccc1NCc1cc(Cl)cs1. The van der Waals surface area contributed by atoms with Crippen molar-refractivity contribution in [1.29, 1.82) is 0 Å². The summed E-state index contributed by atoms with van der Waals surface area (Å²) in [6.45, 7) is 7.52. The third-order valence-electron chi connectivity index (χ3n) is 2.81. The maximum Gasteiger partial charge on any atom is 0.0516 e. The molecule has 2 aromatic rings. The Kier molecular flexibility index (Phi) is 3.98. The molecule has 3 heteroatoms. The maximum atomic E-state index is 5.93. The molecular formula is C15H18ClNS. The average molecular weight is 280 g/mol. The number of nitrogens with one attached hydrogen (secondary N) is 1. The van der Waals surface area contributed by atoms with Crippen molar-refractivity contribution < 1.29 is 0 Å². The van der Waals surface area contributed by atoms with E-state index in [9.17, 15) is 0 Å². The number of hydrogen-bond donors (Lipinski definition) is 1. The van der Waals surface area contributed by atoms with E-state index >= 15 is 0 Å². The predicted octanol–water partition coefficient (Wildman–Crippen LogP) is 5.31. The molecule has 0 aliphatic heterocycles. The molecular weight excluding hydrogens is 262 g/mol. The first kappa shape index (κ1) is 13.4. The molecule has 0 fully saturated rings. The zero-order valence-corrected chi connectivity index (χ0v) is 12.5. The van der Waals surface area contributed by atoms with E-state index in [1.54, 1.807) is 11.3 Å². The lowest BCUT2D eigenvalue weighted by Crippen LogP contribution is -2.14. The van der Waals surface area contributed by atoms with Gasteiger partial charge in [-0.3, -0.25) is 0 Å². The van der Waals surface area contributed by atoms with Crippen molar-refractivity contribution in [1.82, 2.24) is 0 Å². The van der Waals surface area contributed by atoms with Gasteiger partial charge in [0.25, 0.3) is 0 Å². The number of halogens is 1. The second-order valence-electron chi connectivity index (χ2n) is 5.38. The zero-order chi connectivity index (χ0) is 13.2. The second kappa shape index (κ2) is 5.33. The van der Waals surface area contributed by atoms with Crippen LogP contribution in [0.1, 0.15) is 31.2 Å². The fourth-order valence-electron chi connectivity index (χ4n) is 1.92. The Morgan fingerprint density at radius 2 is 1.94 bits per heavy atom. The topological polar surface area (TPSA) is 12.0 Å². The number of anilines is 1. The number of hydrogen-bond acceptors (Lipinski definition) is 2. The number of rotatable bonds is 3. The molecule has 0 aliphatic carbocycles. The molecule has 1 aromatic carbocycles. The van der Waals surface area contributed by atoms with E-state index in [0.717, 1.165) is 11.6 Å². The molecule has 1 N–H and O–H groups in total. The average Bonchev–Trinajstić information content (AvgIpc) is 2.72. The third-order valence-corrected chi connectivity index (χ3v) is 4.09. The highest BCUT2D eigenvalue weighted by Gasteiger charge is 2.17. The zero-order valence-electron chi connectivity index (χ0n) is 11.0. The molecule has 0 radical (unpaired) electrons. The van der Waals surface area contributed by atoms with E-state index in [-0.39, 0.29) is 5.41 Å². The van der Waals surface area contributed by atoms with Crippen LogP contribution in [0.4, 0.5) is 5.69 Å². The highest BCUT2D eigenvalue weighted by atomic mass is 35.5. The van der Waals surface area contributed by atoms with Gasteiger partial charge in [0.05, 0.1) is 5.02 Å². The maximum absolute atomic E-state index is 5.93. The highest BCUT2D eigenvalue weighted by molar-refractivity contribution is 7.10. The standard InChI is InChI=1S/C15H18ClNS/c1-15(2,3)13-6-4-5-7-14(13)17-9-12-8-11(16)10-18-12/h4-8,10,17H,9H2,1-3H3. The van der Waals surface area contributed by atoms with E-state index in [0.29, 0.717) is 0 Å². The van der Waals surface area contributed by atoms with Gasteiger partial charge in [0.2, 0.25) is 0 Å². The van der Waals surface area contributed by atoms with Crippen molar-refractivity contribution in [2.24, 2.45) is 0 Å². The molecule has 0 bridgehead atoms. The van der Waals surface area contributed by atoms with Gasteiger partial charge < -0.3 is 5.32 Å². The Morgan fingerprint density at radius 1 is 1.22 bits per heavy atom.